The first kappa shape index (κ1) is 19.9. The summed E-state index contributed by atoms with van der Waals surface area (Å²) < 4.78 is 1.87. The molecular weight excluding hydrogens is 364 g/mol. The van der Waals surface area contributed by atoms with Crippen LogP contribution in [0.25, 0.3) is 15.7 Å². The number of fused-ring (bicyclic) bond motifs is 1. The fourth-order valence-electron chi connectivity index (χ4n) is 5.44. The van der Waals surface area contributed by atoms with Crippen molar-refractivity contribution in [2.75, 3.05) is 13.1 Å². The monoisotopic (exact) mass is 394 g/mol. The molecule has 1 N–H and O–H groups in total. The zero-order valence-electron chi connectivity index (χ0n) is 17.3. The number of benzene rings is 1. The van der Waals surface area contributed by atoms with Gasteiger partial charge in [-0.05, 0) is 67.7 Å². The van der Waals surface area contributed by atoms with Crippen molar-refractivity contribution in [2.24, 2.45) is 17.0 Å². The number of nitrogens with zero attached hydrogens (tertiary/aromatic N) is 4. The Bertz CT molecular complexity index is 926. The van der Waals surface area contributed by atoms with Crippen molar-refractivity contribution in [3.63, 3.8) is 0 Å². The zero-order chi connectivity index (χ0) is 20.5. The lowest BCUT2D eigenvalue weighted by molar-refractivity contribution is 0.0881. The average Bonchev–Trinajstić information content (AvgIpc) is 3.04. The largest absolute Gasteiger partial charge is 0.493 e. The van der Waals surface area contributed by atoms with Gasteiger partial charge in [0.2, 0.25) is 5.88 Å². The summed E-state index contributed by atoms with van der Waals surface area (Å²) in [4.78, 5) is 17.4. The van der Waals surface area contributed by atoms with E-state index < -0.39 is 0 Å². The van der Waals surface area contributed by atoms with E-state index >= 15 is 0 Å². The second-order valence-corrected chi connectivity index (χ2v) is 9.03. The molecule has 0 spiro atoms. The molecule has 6 heteroatoms. The summed E-state index contributed by atoms with van der Waals surface area (Å²) in [7, 11) is 0. The van der Waals surface area contributed by atoms with Crippen LogP contribution in [0, 0.1) is 23.3 Å². The Morgan fingerprint density at radius 1 is 1.10 bits per heavy atom. The highest BCUT2D eigenvalue weighted by Crippen LogP contribution is 2.44. The first-order valence-electron chi connectivity index (χ1n) is 10.8. The van der Waals surface area contributed by atoms with Gasteiger partial charge in [-0.15, -0.1) is 4.91 Å². The Labute approximate surface area is 172 Å². The van der Waals surface area contributed by atoms with Gasteiger partial charge in [0, 0.05) is 30.6 Å². The molecule has 2 fully saturated rings. The van der Waals surface area contributed by atoms with Crippen molar-refractivity contribution >= 4 is 22.3 Å². The normalized spacial score (nSPS) is 24.1. The fourth-order valence-corrected chi connectivity index (χ4v) is 5.44. The molecule has 1 saturated carbocycles. The predicted molar refractivity (Wildman–Crippen MR) is 116 cm³/mol. The molecule has 2 heterocycles. The van der Waals surface area contributed by atoms with E-state index in [0.29, 0.717) is 17.1 Å². The van der Waals surface area contributed by atoms with Gasteiger partial charge < -0.3 is 14.6 Å². The molecule has 2 aliphatic rings. The molecule has 0 unspecified atom stereocenters. The van der Waals surface area contributed by atoms with Crippen molar-refractivity contribution in [2.45, 2.75) is 64.5 Å². The lowest BCUT2D eigenvalue weighted by Gasteiger charge is -2.42. The maximum Gasteiger partial charge on any atom is 0.222 e. The molecule has 0 atom stereocenters. The Kier molecular flexibility index (Phi) is 5.60. The lowest BCUT2D eigenvalue weighted by Crippen LogP contribution is -2.43. The third kappa shape index (κ3) is 3.64. The van der Waals surface area contributed by atoms with Crippen molar-refractivity contribution in [3.05, 3.63) is 34.5 Å². The van der Waals surface area contributed by atoms with Crippen LogP contribution in [0.5, 0.6) is 5.88 Å². The second kappa shape index (κ2) is 8.16. The number of aromatic hydroxyl groups is 1. The topological polar surface area (TPSA) is 62.2 Å². The summed E-state index contributed by atoms with van der Waals surface area (Å²) in [6.07, 6.45) is 7.16. The van der Waals surface area contributed by atoms with Crippen LogP contribution >= 0.6 is 0 Å². The van der Waals surface area contributed by atoms with E-state index in [-0.39, 0.29) is 17.6 Å². The zero-order valence-corrected chi connectivity index (χ0v) is 17.3. The van der Waals surface area contributed by atoms with Crippen LogP contribution in [0.3, 0.4) is 0 Å². The van der Waals surface area contributed by atoms with E-state index in [9.17, 15) is 10.0 Å². The van der Waals surface area contributed by atoms with E-state index in [1.807, 2.05) is 10.6 Å². The number of hydrogen-bond donors (Lipinski definition) is 1. The van der Waals surface area contributed by atoms with Gasteiger partial charge in [0.1, 0.15) is 0 Å². The van der Waals surface area contributed by atoms with E-state index in [2.05, 4.69) is 28.8 Å². The quantitative estimate of drug-likeness (QED) is 0.500. The Morgan fingerprint density at radius 2 is 1.79 bits per heavy atom. The van der Waals surface area contributed by atoms with E-state index in [1.54, 1.807) is 12.1 Å². The number of piperidine rings is 1. The third-order valence-corrected chi connectivity index (χ3v) is 7.22. The maximum absolute atomic E-state index is 11.4. The van der Waals surface area contributed by atoms with Crippen LogP contribution in [0.4, 0.5) is 11.4 Å². The van der Waals surface area contributed by atoms with E-state index in [4.69, 9.17) is 6.57 Å². The minimum absolute atomic E-state index is 0.0555. The van der Waals surface area contributed by atoms with Crippen molar-refractivity contribution in [1.29, 1.82) is 0 Å². The number of nitroso groups, excluding NO2 is 1. The smallest absolute Gasteiger partial charge is 0.222 e. The third-order valence-electron chi connectivity index (χ3n) is 7.22. The molecule has 1 aromatic carbocycles. The summed E-state index contributed by atoms with van der Waals surface area (Å²) in [5.74, 6) is 1.60. The van der Waals surface area contributed by atoms with Gasteiger partial charge in [0.15, 0.2) is 11.4 Å². The summed E-state index contributed by atoms with van der Waals surface area (Å²) in [5, 5.41) is 14.3. The highest BCUT2D eigenvalue weighted by atomic mass is 16.3. The molecule has 0 amide bonds. The van der Waals surface area contributed by atoms with Gasteiger partial charge in [-0.2, -0.15) is 0 Å². The Balaban J connectivity index is 1.49. The SMILES string of the molecule is [C-]#[N+]c1ccc2c(c1)c(N=O)c(O)n2C1CCN(C2CCC(C(C)C)CC2)CC1. The minimum Gasteiger partial charge on any atom is -0.493 e. The van der Waals surface area contributed by atoms with Gasteiger partial charge in [0.05, 0.1) is 12.1 Å². The second-order valence-electron chi connectivity index (χ2n) is 9.03. The Morgan fingerprint density at radius 3 is 2.38 bits per heavy atom. The van der Waals surface area contributed by atoms with Crippen LogP contribution in [0.15, 0.2) is 23.4 Å². The lowest BCUT2D eigenvalue weighted by atomic mass is 9.79. The molecule has 1 saturated heterocycles. The van der Waals surface area contributed by atoms with Crippen molar-refractivity contribution in [1.82, 2.24) is 9.47 Å². The number of likely N-dealkylation sites (tertiary alicyclic amines) is 1. The summed E-state index contributed by atoms with van der Waals surface area (Å²) >= 11 is 0. The first-order valence-corrected chi connectivity index (χ1v) is 10.8. The van der Waals surface area contributed by atoms with Gasteiger partial charge in [-0.25, -0.2) is 4.85 Å². The highest BCUT2D eigenvalue weighted by molar-refractivity contribution is 5.97. The number of rotatable bonds is 4. The van der Waals surface area contributed by atoms with Crippen LogP contribution in [-0.4, -0.2) is 33.7 Å². The molecule has 29 heavy (non-hydrogen) atoms. The van der Waals surface area contributed by atoms with Gasteiger partial charge in [-0.1, -0.05) is 19.9 Å². The minimum atomic E-state index is -0.0620. The van der Waals surface area contributed by atoms with Gasteiger partial charge >= 0.3 is 0 Å². The highest BCUT2D eigenvalue weighted by Gasteiger charge is 2.32. The molecule has 1 aliphatic heterocycles. The van der Waals surface area contributed by atoms with Crippen molar-refractivity contribution in [3.8, 4) is 5.88 Å². The standard InChI is InChI=1S/C23H30N4O2/c1-15(2)16-4-7-18(8-5-16)26-12-10-19(11-13-26)27-21-9-6-17(24-3)14-20(21)22(25-29)23(27)28/h6,9,14-16,18-19,28H,4-5,7-8,10-13H2,1-2H3. The molecule has 4 rings (SSSR count). The molecule has 6 nitrogen and oxygen atoms in total. The summed E-state index contributed by atoms with van der Waals surface area (Å²) in [6.45, 7) is 13.9. The van der Waals surface area contributed by atoms with Crippen LogP contribution in [0.2, 0.25) is 0 Å². The molecule has 0 bridgehead atoms. The molecule has 1 aliphatic carbocycles. The number of aromatic nitrogens is 1. The average molecular weight is 395 g/mol. The van der Waals surface area contributed by atoms with Crippen molar-refractivity contribution < 1.29 is 5.11 Å². The molecule has 0 radical (unpaired) electrons. The number of hydrogen-bond acceptors (Lipinski definition) is 4. The molecule has 1 aromatic heterocycles. The Hall–Kier alpha value is -2.39. The first-order chi connectivity index (χ1) is 14.0. The maximum atomic E-state index is 11.4. The van der Waals surface area contributed by atoms with E-state index in [1.165, 1.54) is 25.7 Å². The van der Waals surface area contributed by atoms with E-state index in [0.717, 1.165) is 43.3 Å². The fraction of sp³-hybridized carbons (Fsp3) is 0.609. The van der Waals surface area contributed by atoms with Crippen LogP contribution < -0.4 is 0 Å². The summed E-state index contributed by atoms with van der Waals surface area (Å²) in [6, 6.07) is 6.06. The molecule has 154 valence electrons. The molecule has 2 aromatic rings. The van der Waals surface area contributed by atoms with Gasteiger partial charge in [0.25, 0.3) is 0 Å². The van der Waals surface area contributed by atoms with Crippen LogP contribution in [0.1, 0.15) is 58.4 Å². The predicted octanol–water partition coefficient (Wildman–Crippen LogP) is 6.15. The summed E-state index contributed by atoms with van der Waals surface area (Å²) in [5.41, 5.74) is 1.30. The molecular formula is C23H30N4O2. The van der Waals surface area contributed by atoms with Gasteiger partial charge in [-0.3, -0.25) is 0 Å². The van der Waals surface area contributed by atoms with Crippen LogP contribution in [-0.2, 0) is 0 Å².